The molecule has 1 saturated heterocycles. The number of halogens is 4. The Morgan fingerprint density at radius 1 is 1.00 bits per heavy atom. The molecule has 6 heteroatoms. The summed E-state index contributed by atoms with van der Waals surface area (Å²) in [7, 11) is 0. The van der Waals surface area contributed by atoms with Crippen molar-refractivity contribution in [3.63, 3.8) is 0 Å². The fraction of sp³-hybridized carbons (Fsp3) is 0.412. The minimum Gasteiger partial charge on any atom is -0.314 e. The van der Waals surface area contributed by atoms with Crippen LogP contribution in [0.5, 0.6) is 0 Å². The minimum atomic E-state index is -4.17. The van der Waals surface area contributed by atoms with Crippen LogP contribution in [0.4, 0.5) is 13.2 Å². The van der Waals surface area contributed by atoms with Crippen LogP contribution in [0.2, 0.25) is 0 Å². The smallest absolute Gasteiger partial charge is 0.314 e. The van der Waals surface area contributed by atoms with Gasteiger partial charge in [-0.25, -0.2) is 0 Å². The van der Waals surface area contributed by atoms with Gasteiger partial charge in [0.2, 0.25) is 0 Å². The molecule has 0 aromatic heterocycles. The number of rotatable bonds is 3. The zero-order valence-corrected chi connectivity index (χ0v) is 13.5. The first-order valence-electron chi connectivity index (χ1n) is 7.53. The monoisotopic (exact) mass is 344 g/mol. The summed E-state index contributed by atoms with van der Waals surface area (Å²) < 4.78 is 39.1. The second-order valence-electron chi connectivity index (χ2n) is 5.73. The average molecular weight is 345 g/mol. The standard InChI is InChI=1S/C17H19F3N2.ClH/c18-17(19,20)12-16(22-9-7-21-8-10-22)15-6-5-13-3-1-2-4-14(13)11-15;/h1-6,11,16,21H,7-10,12H2;1H/t16-;/m0./s1. The first kappa shape index (κ1) is 18.0. The molecular formula is C17H20ClF3N2. The molecule has 1 aliphatic heterocycles. The van der Waals surface area contributed by atoms with E-state index in [0.29, 0.717) is 13.1 Å². The summed E-state index contributed by atoms with van der Waals surface area (Å²) in [5.74, 6) is 0. The maximum absolute atomic E-state index is 13.0. The SMILES string of the molecule is Cl.FC(F)(F)C[C@@H](c1ccc2ccccc2c1)N1CCNCC1. The molecule has 1 aliphatic rings. The molecule has 23 heavy (non-hydrogen) atoms. The van der Waals surface area contributed by atoms with Crippen LogP contribution in [-0.4, -0.2) is 37.3 Å². The average Bonchev–Trinajstić information content (AvgIpc) is 2.52. The molecule has 0 saturated carbocycles. The van der Waals surface area contributed by atoms with Gasteiger partial charge < -0.3 is 5.32 Å². The molecule has 126 valence electrons. The summed E-state index contributed by atoms with van der Waals surface area (Å²) in [6.45, 7) is 2.77. The third kappa shape index (κ3) is 4.59. The van der Waals surface area contributed by atoms with Gasteiger partial charge in [0.1, 0.15) is 0 Å². The molecule has 2 nitrogen and oxygen atoms in total. The Kier molecular flexibility index (Phi) is 5.89. The molecule has 0 amide bonds. The molecule has 0 bridgehead atoms. The van der Waals surface area contributed by atoms with E-state index in [1.54, 1.807) is 0 Å². The van der Waals surface area contributed by atoms with E-state index in [1.807, 2.05) is 47.4 Å². The molecule has 2 aromatic carbocycles. The maximum Gasteiger partial charge on any atom is 0.390 e. The van der Waals surface area contributed by atoms with Crippen molar-refractivity contribution < 1.29 is 13.2 Å². The van der Waals surface area contributed by atoms with Crippen LogP contribution in [0.3, 0.4) is 0 Å². The Morgan fingerprint density at radius 3 is 2.30 bits per heavy atom. The highest BCUT2D eigenvalue weighted by Crippen LogP contribution is 2.35. The van der Waals surface area contributed by atoms with Crippen molar-refractivity contribution in [1.29, 1.82) is 0 Å². The highest BCUT2D eigenvalue weighted by Gasteiger charge is 2.35. The summed E-state index contributed by atoms with van der Waals surface area (Å²) in [6.07, 6.45) is -4.97. The van der Waals surface area contributed by atoms with Gasteiger partial charge in [-0.05, 0) is 22.4 Å². The predicted octanol–water partition coefficient (Wildman–Crippen LogP) is 4.16. The van der Waals surface area contributed by atoms with Gasteiger partial charge in [-0.3, -0.25) is 4.90 Å². The lowest BCUT2D eigenvalue weighted by atomic mass is 9.97. The molecule has 3 rings (SSSR count). The number of benzene rings is 2. The van der Waals surface area contributed by atoms with Crippen molar-refractivity contribution in [2.24, 2.45) is 0 Å². The maximum atomic E-state index is 13.0. The summed E-state index contributed by atoms with van der Waals surface area (Å²) >= 11 is 0. The quantitative estimate of drug-likeness (QED) is 0.899. The van der Waals surface area contributed by atoms with Crippen LogP contribution in [0, 0.1) is 0 Å². The van der Waals surface area contributed by atoms with Crippen molar-refractivity contribution in [2.75, 3.05) is 26.2 Å². The molecule has 1 N–H and O–H groups in total. The lowest BCUT2D eigenvalue weighted by molar-refractivity contribution is -0.148. The summed E-state index contributed by atoms with van der Waals surface area (Å²) in [4.78, 5) is 1.94. The van der Waals surface area contributed by atoms with Gasteiger partial charge >= 0.3 is 6.18 Å². The summed E-state index contributed by atoms with van der Waals surface area (Å²) in [5, 5.41) is 5.23. The highest BCUT2D eigenvalue weighted by molar-refractivity contribution is 5.85. The fourth-order valence-corrected chi connectivity index (χ4v) is 3.09. The van der Waals surface area contributed by atoms with Gasteiger partial charge in [0.15, 0.2) is 0 Å². The van der Waals surface area contributed by atoms with E-state index in [0.717, 1.165) is 29.4 Å². The minimum absolute atomic E-state index is 0. The van der Waals surface area contributed by atoms with Gasteiger partial charge in [-0.2, -0.15) is 13.2 Å². The summed E-state index contributed by atoms with van der Waals surface area (Å²) in [6, 6.07) is 12.8. The van der Waals surface area contributed by atoms with Crippen molar-refractivity contribution >= 4 is 23.2 Å². The van der Waals surface area contributed by atoms with Crippen LogP contribution < -0.4 is 5.32 Å². The second-order valence-corrected chi connectivity index (χ2v) is 5.73. The van der Waals surface area contributed by atoms with Gasteiger partial charge in [0.25, 0.3) is 0 Å². The Bertz CT molecular complexity index is 639. The molecule has 1 heterocycles. The number of fused-ring (bicyclic) bond motifs is 1. The van der Waals surface area contributed by atoms with E-state index in [4.69, 9.17) is 0 Å². The molecule has 0 aliphatic carbocycles. The van der Waals surface area contributed by atoms with Gasteiger partial charge in [0, 0.05) is 32.2 Å². The number of piperazine rings is 1. The van der Waals surface area contributed by atoms with Crippen LogP contribution in [0.25, 0.3) is 10.8 Å². The molecule has 0 spiro atoms. The summed E-state index contributed by atoms with van der Waals surface area (Å²) in [5.41, 5.74) is 0.748. The van der Waals surface area contributed by atoms with Crippen molar-refractivity contribution in [3.05, 3.63) is 48.0 Å². The number of hydrogen-bond acceptors (Lipinski definition) is 2. The van der Waals surface area contributed by atoms with Gasteiger partial charge in [-0.15, -0.1) is 12.4 Å². The topological polar surface area (TPSA) is 15.3 Å². The molecular weight excluding hydrogens is 325 g/mol. The molecule has 2 aromatic rings. The van der Waals surface area contributed by atoms with Gasteiger partial charge in [0.05, 0.1) is 6.42 Å². The number of alkyl halides is 3. The van der Waals surface area contributed by atoms with Crippen LogP contribution in [-0.2, 0) is 0 Å². The number of nitrogens with zero attached hydrogens (tertiary/aromatic N) is 1. The van der Waals surface area contributed by atoms with E-state index in [1.165, 1.54) is 0 Å². The lowest BCUT2D eigenvalue weighted by Gasteiger charge is -2.35. The third-order valence-electron chi connectivity index (χ3n) is 4.18. The first-order chi connectivity index (χ1) is 10.5. The van der Waals surface area contributed by atoms with Crippen LogP contribution in [0.15, 0.2) is 42.5 Å². The van der Waals surface area contributed by atoms with Crippen LogP contribution >= 0.6 is 12.4 Å². The van der Waals surface area contributed by atoms with E-state index < -0.39 is 18.6 Å². The van der Waals surface area contributed by atoms with E-state index >= 15 is 0 Å². The van der Waals surface area contributed by atoms with Crippen molar-refractivity contribution in [1.82, 2.24) is 10.2 Å². The first-order valence-corrected chi connectivity index (χ1v) is 7.53. The molecule has 0 unspecified atom stereocenters. The Labute approximate surface area is 140 Å². The Balaban J connectivity index is 0.00000192. The zero-order valence-electron chi connectivity index (χ0n) is 12.6. The Hall–Kier alpha value is -1.30. The molecule has 1 fully saturated rings. The van der Waals surface area contributed by atoms with Crippen molar-refractivity contribution in [2.45, 2.75) is 18.6 Å². The lowest BCUT2D eigenvalue weighted by Crippen LogP contribution is -2.46. The third-order valence-corrected chi connectivity index (χ3v) is 4.18. The molecule has 0 radical (unpaired) electrons. The molecule has 1 atom stereocenters. The second kappa shape index (κ2) is 7.51. The van der Waals surface area contributed by atoms with E-state index in [-0.39, 0.29) is 12.4 Å². The number of hydrogen-bond donors (Lipinski definition) is 1. The van der Waals surface area contributed by atoms with Crippen molar-refractivity contribution in [3.8, 4) is 0 Å². The predicted molar refractivity (Wildman–Crippen MR) is 89.1 cm³/mol. The normalized spacial score (nSPS) is 17.7. The van der Waals surface area contributed by atoms with Crippen LogP contribution in [0.1, 0.15) is 18.0 Å². The van der Waals surface area contributed by atoms with E-state index in [9.17, 15) is 13.2 Å². The van der Waals surface area contributed by atoms with Gasteiger partial charge in [-0.1, -0.05) is 36.4 Å². The fourth-order valence-electron chi connectivity index (χ4n) is 3.09. The number of nitrogens with one attached hydrogen (secondary N) is 1. The van der Waals surface area contributed by atoms with E-state index in [2.05, 4.69) is 5.32 Å². The zero-order chi connectivity index (χ0) is 15.6. The largest absolute Gasteiger partial charge is 0.390 e. The Morgan fingerprint density at radius 2 is 1.65 bits per heavy atom. The highest BCUT2D eigenvalue weighted by atomic mass is 35.5.